The third-order valence-corrected chi connectivity index (χ3v) is 4.87. The van der Waals surface area contributed by atoms with Crippen molar-refractivity contribution in [3.63, 3.8) is 0 Å². The Hall–Kier alpha value is -2.69. The smallest absolute Gasteiger partial charge is 0.251 e. The molecular weight excluding hydrogens is 338 g/mol. The molecule has 1 aliphatic heterocycles. The summed E-state index contributed by atoms with van der Waals surface area (Å²) in [6, 6.07) is 13.7. The zero-order chi connectivity index (χ0) is 19.1. The molecule has 1 fully saturated rings. The van der Waals surface area contributed by atoms with Crippen LogP contribution in [0, 0.1) is 0 Å². The summed E-state index contributed by atoms with van der Waals surface area (Å²) in [6.07, 6.45) is 5.80. The number of carbonyl (C=O) groups excluding carboxylic acids is 2. The molecule has 0 radical (unpaired) electrons. The van der Waals surface area contributed by atoms with Gasteiger partial charge in [-0.05, 0) is 37.0 Å². The molecule has 2 amide bonds. The average molecular weight is 365 g/mol. The number of pyridine rings is 1. The third-order valence-electron chi connectivity index (χ3n) is 4.87. The molecule has 142 valence electrons. The molecule has 0 aliphatic carbocycles. The minimum absolute atomic E-state index is 0.120. The maximum absolute atomic E-state index is 12.5. The highest BCUT2D eigenvalue weighted by molar-refractivity contribution is 5.95. The van der Waals surface area contributed by atoms with Gasteiger partial charge in [0.05, 0.1) is 6.04 Å². The fourth-order valence-corrected chi connectivity index (χ4v) is 3.48. The maximum Gasteiger partial charge on any atom is 0.251 e. The summed E-state index contributed by atoms with van der Waals surface area (Å²) in [5.41, 5.74) is 2.83. The standard InChI is InChI=1S/C22H27N3O2/c1-2-7-19-14-18(11-12-23-19)22(27)24-20-15-21(26)25(16-20)13-6-10-17-8-4-3-5-9-17/h3-5,8-9,11-12,14,20H,2,6-7,10,13,15-16H2,1H3,(H,24,27)/t20-/m1/s1. The lowest BCUT2D eigenvalue weighted by molar-refractivity contribution is -0.127. The largest absolute Gasteiger partial charge is 0.347 e. The number of amides is 2. The molecule has 5 heteroatoms. The Labute approximate surface area is 160 Å². The van der Waals surface area contributed by atoms with Crippen molar-refractivity contribution in [3.8, 4) is 0 Å². The molecule has 5 nitrogen and oxygen atoms in total. The van der Waals surface area contributed by atoms with E-state index in [0.29, 0.717) is 18.5 Å². The average Bonchev–Trinajstić information content (AvgIpc) is 3.02. The number of aromatic nitrogens is 1. The van der Waals surface area contributed by atoms with Gasteiger partial charge in [0.25, 0.3) is 5.91 Å². The summed E-state index contributed by atoms with van der Waals surface area (Å²) in [5, 5.41) is 3.00. The van der Waals surface area contributed by atoms with Gasteiger partial charge in [0.1, 0.15) is 0 Å². The molecule has 1 saturated heterocycles. The second-order valence-electron chi connectivity index (χ2n) is 7.09. The summed E-state index contributed by atoms with van der Waals surface area (Å²) in [7, 11) is 0. The number of nitrogens with one attached hydrogen (secondary N) is 1. The SMILES string of the molecule is CCCc1cc(C(=O)N[C@@H]2CC(=O)N(CCCc3ccccc3)C2)ccn1. The predicted octanol–water partition coefficient (Wildman–Crippen LogP) is 3.00. The summed E-state index contributed by atoms with van der Waals surface area (Å²) in [4.78, 5) is 30.9. The first-order valence-electron chi connectivity index (χ1n) is 9.73. The lowest BCUT2D eigenvalue weighted by atomic mass is 10.1. The number of aryl methyl sites for hydroxylation is 2. The molecule has 0 unspecified atom stereocenters. The van der Waals surface area contributed by atoms with E-state index in [-0.39, 0.29) is 17.9 Å². The van der Waals surface area contributed by atoms with Crippen LogP contribution >= 0.6 is 0 Å². The number of benzene rings is 1. The van der Waals surface area contributed by atoms with E-state index < -0.39 is 0 Å². The van der Waals surface area contributed by atoms with Gasteiger partial charge >= 0.3 is 0 Å². The Kier molecular flexibility index (Phi) is 6.58. The van der Waals surface area contributed by atoms with Crippen LogP contribution in [0.1, 0.15) is 47.8 Å². The Balaban J connectivity index is 1.48. The van der Waals surface area contributed by atoms with Crippen LogP contribution in [0.4, 0.5) is 0 Å². The van der Waals surface area contributed by atoms with E-state index in [9.17, 15) is 9.59 Å². The van der Waals surface area contributed by atoms with Crippen LogP contribution in [0.25, 0.3) is 0 Å². The van der Waals surface area contributed by atoms with E-state index in [4.69, 9.17) is 0 Å². The zero-order valence-corrected chi connectivity index (χ0v) is 15.9. The first-order chi connectivity index (χ1) is 13.2. The number of rotatable bonds is 8. The highest BCUT2D eigenvalue weighted by Gasteiger charge is 2.30. The quantitative estimate of drug-likeness (QED) is 0.782. The van der Waals surface area contributed by atoms with Gasteiger partial charge in [0, 0.05) is 37.0 Å². The molecule has 3 rings (SSSR count). The maximum atomic E-state index is 12.5. The first kappa shape index (κ1) is 19.1. The molecule has 1 aromatic carbocycles. The molecule has 2 heterocycles. The topological polar surface area (TPSA) is 62.3 Å². The molecule has 0 spiro atoms. The molecule has 1 aliphatic rings. The summed E-state index contributed by atoms with van der Waals surface area (Å²) < 4.78 is 0. The molecule has 1 N–H and O–H groups in total. The van der Waals surface area contributed by atoms with Gasteiger partial charge in [-0.15, -0.1) is 0 Å². The van der Waals surface area contributed by atoms with Crippen molar-refractivity contribution in [2.45, 2.75) is 45.1 Å². The van der Waals surface area contributed by atoms with Crippen LogP contribution in [0.2, 0.25) is 0 Å². The number of carbonyl (C=O) groups is 2. The molecule has 1 aromatic heterocycles. The van der Waals surface area contributed by atoms with Crippen LogP contribution in [-0.2, 0) is 17.6 Å². The molecule has 1 atom stereocenters. The van der Waals surface area contributed by atoms with Gasteiger partial charge in [0.15, 0.2) is 0 Å². The third kappa shape index (κ3) is 5.39. The van der Waals surface area contributed by atoms with Gasteiger partial charge < -0.3 is 10.2 Å². The van der Waals surface area contributed by atoms with Crippen LogP contribution in [0.15, 0.2) is 48.7 Å². The predicted molar refractivity (Wildman–Crippen MR) is 105 cm³/mol. The van der Waals surface area contributed by atoms with Gasteiger partial charge in [0.2, 0.25) is 5.91 Å². The Morgan fingerprint density at radius 3 is 2.81 bits per heavy atom. The van der Waals surface area contributed by atoms with Crippen LogP contribution in [-0.4, -0.2) is 40.8 Å². The molecule has 27 heavy (non-hydrogen) atoms. The highest BCUT2D eigenvalue weighted by Crippen LogP contribution is 2.14. The lowest BCUT2D eigenvalue weighted by Crippen LogP contribution is -2.37. The lowest BCUT2D eigenvalue weighted by Gasteiger charge is -2.17. The van der Waals surface area contributed by atoms with Crippen molar-refractivity contribution in [1.29, 1.82) is 0 Å². The van der Waals surface area contributed by atoms with Crippen LogP contribution < -0.4 is 5.32 Å². The normalized spacial score (nSPS) is 16.6. The Morgan fingerprint density at radius 1 is 1.22 bits per heavy atom. The van der Waals surface area contributed by atoms with Crippen molar-refractivity contribution in [2.75, 3.05) is 13.1 Å². The number of hydrogen-bond donors (Lipinski definition) is 1. The first-order valence-corrected chi connectivity index (χ1v) is 9.73. The summed E-state index contributed by atoms with van der Waals surface area (Å²) >= 11 is 0. The monoisotopic (exact) mass is 365 g/mol. The van der Waals surface area contributed by atoms with Crippen molar-refractivity contribution in [1.82, 2.24) is 15.2 Å². The Morgan fingerprint density at radius 2 is 2.04 bits per heavy atom. The van der Waals surface area contributed by atoms with Crippen LogP contribution in [0.3, 0.4) is 0 Å². The molecule has 0 bridgehead atoms. The van der Waals surface area contributed by atoms with Crippen LogP contribution in [0.5, 0.6) is 0 Å². The van der Waals surface area contributed by atoms with Gasteiger partial charge in [-0.2, -0.15) is 0 Å². The highest BCUT2D eigenvalue weighted by atomic mass is 16.2. The zero-order valence-electron chi connectivity index (χ0n) is 15.9. The number of likely N-dealkylation sites (tertiary alicyclic amines) is 1. The molecule has 2 aromatic rings. The van der Waals surface area contributed by atoms with E-state index in [1.54, 1.807) is 12.3 Å². The minimum Gasteiger partial charge on any atom is -0.347 e. The van der Waals surface area contributed by atoms with E-state index in [1.807, 2.05) is 29.2 Å². The fraction of sp³-hybridized carbons (Fsp3) is 0.409. The van der Waals surface area contributed by atoms with E-state index in [2.05, 4.69) is 29.4 Å². The van der Waals surface area contributed by atoms with Gasteiger partial charge in [-0.3, -0.25) is 14.6 Å². The number of hydrogen-bond acceptors (Lipinski definition) is 3. The summed E-state index contributed by atoms with van der Waals surface area (Å²) in [6.45, 7) is 3.41. The van der Waals surface area contributed by atoms with Crippen molar-refractivity contribution in [3.05, 3.63) is 65.5 Å². The second-order valence-corrected chi connectivity index (χ2v) is 7.09. The van der Waals surface area contributed by atoms with E-state index in [0.717, 1.165) is 37.9 Å². The molecule has 0 saturated carbocycles. The van der Waals surface area contributed by atoms with Crippen molar-refractivity contribution >= 4 is 11.8 Å². The van der Waals surface area contributed by atoms with Gasteiger partial charge in [-0.1, -0.05) is 43.7 Å². The Bertz CT molecular complexity index is 776. The fourth-order valence-electron chi connectivity index (χ4n) is 3.48. The van der Waals surface area contributed by atoms with Gasteiger partial charge in [-0.25, -0.2) is 0 Å². The van der Waals surface area contributed by atoms with Crippen molar-refractivity contribution in [2.24, 2.45) is 0 Å². The minimum atomic E-state index is -0.126. The van der Waals surface area contributed by atoms with E-state index in [1.165, 1.54) is 5.56 Å². The number of nitrogens with zero attached hydrogens (tertiary/aromatic N) is 2. The summed E-state index contributed by atoms with van der Waals surface area (Å²) in [5.74, 6) is -0.00606. The van der Waals surface area contributed by atoms with Crippen molar-refractivity contribution < 1.29 is 9.59 Å². The van der Waals surface area contributed by atoms with E-state index >= 15 is 0 Å². The second kappa shape index (κ2) is 9.31. The molecular formula is C22H27N3O2.